The van der Waals surface area contributed by atoms with Crippen molar-refractivity contribution in [3.05, 3.63) is 40.8 Å². The van der Waals surface area contributed by atoms with E-state index >= 15 is 0 Å². The van der Waals surface area contributed by atoms with Gasteiger partial charge in [-0.1, -0.05) is 17.3 Å². The summed E-state index contributed by atoms with van der Waals surface area (Å²) in [5, 5.41) is 6.42. The quantitative estimate of drug-likeness (QED) is 0.831. The van der Waals surface area contributed by atoms with Gasteiger partial charge in [0.25, 0.3) is 0 Å². The first kappa shape index (κ1) is 18.2. The highest BCUT2D eigenvalue weighted by Gasteiger charge is 2.23. The first-order valence-electron chi connectivity index (χ1n) is 7.51. The van der Waals surface area contributed by atoms with E-state index in [1.165, 1.54) is 6.92 Å². The van der Waals surface area contributed by atoms with E-state index in [0.29, 0.717) is 5.69 Å². The van der Waals surface area contributed by atoms with Gasteiger partial charge in [0.1, 0.15) is 10.6 Å². The van der Waals surface area contributed by atoms with E-state index in [-0.39, 0.29) is 29.5 Å². The van der Waals surface area contributed by atoms with E-state index in [4.69, 9.17) is 4.52 Å². The highest BCUT2D eigenvalue weighted by Crippen LogP contribution is 2.19. The number of hydrogen-bond donors (Lipinski definition) is 2. The van der Waals surface area contributed by atoms with E-state index in [0.717, 1.165) is 16.8 Å². The molecular weight excluding hydrogens is 330 g/mol. The normalized spacial score (nSPS) is 11.5. The van der Waals surface area contributed by atoms with Crippen LogP contribution in [0.1, 0.15) is 29.0 Å². The van der Waals surface area contributed by atoms with E-state index in [1.54, 1.807) is 6.92 Å². The van der Waals surface area contributed by atoms with Crippen molar-refractivity contribution < 1.29 is 17.7 Å². The van der Waals surface area contributed by atoms with Crippen molar-refractivity contribution in [2.45, 2.75) is 39.0 Å². The summed E-state index contributed by atoms with van der Waals surface area (Å²) < 4.78 is 31.7. The van der Waals surface area contributed by atoms with E-state index in [9.17, 15) is 13.2 Å². The predicted molar refractivity (Wildman–Crippen MR) is 90.3 cm³/mol. The Morgan fingerprint density at radius 1 is 1.21 bits per heavy atom. The number of carbonyl (C=O) groups excluding carboxylic acids is 1. The number of sulfonamides is 1. The lowest BCUT2D eigenvalue weighted by Crippen LogP contribution is -2.28. The highest BCUT2D eigenvalue weighted by atomic mass is 32.2. The van der Waals surface area contributed by atoms with Crippen molar-refractivity contribution in [2.24, 2.45) is 0 Å². The second-order valence-electron chi connectivity index (χ2n) is 5.60. The van der Waals surface area contributed by atoms with Crippen LogP contribution < -0.4 is 10.0 Å². The molecule has 0 radical (unpaired) electrons. The molecule has 0 saturated carbocycles. The van der Waals surface area contributed by atoms with Crippen molar-refractivity contribution in [1.82, 2.24) is 9.88 Å². The summed E-state index contributed by atoms with van der Waals surface area (Å²) in [5.41, 5.74) is 3.09. The van der Waals surface area contributed by atoms with Gasteiger partial charge in [-0.2, -0.15) is 0 Å². The van der Waals surface area contributed by atoms with Crippen molar-refractivity contribution in [2.75, 3.05) is 11.9 Å². The van der Waals surface area contributed by atoms with Crippen LogP contribution >= 0.6 is 0 Å². The van der Waals surface area contributed by atoms with Crippen molar-refractivity contribution >= 4 is 21.6 Å². The molecule has 0 aliphatic heterocycles. The Balaban J connectivity index is 1.94. The Morgan fingerprint density at radius 3 is 2.54 bits per heavy atom. The Kier molecular flexibility index (Phi) is 5.40. The Hall–Kier alpha value is -2.19. The number of benzene rings is 1. The fourth-order valence-electron chi connectivity index (χ4n) is 2.33. The number of carbonyl (C=O) groups is 1. The second kappa shape index (κ2) is 7.14. The van der Waals surface area contributed by atoms with Gasteiger partial charge in [0.15, 0.2) is 5.76 Å². The zero-order valence-corrected chi connectivity index (χ0v) is 15.0. The molecule has 24 heavy (non-hydrogen) atoms. The molecule has 7 nitrogen and oxygen atoms in total. The number of hydrogen-bond acceptors (Lipinski definition) is 5. The highest BCUT2D eigenvalue weighted by molar-refractivity contribution is 7.89. The summed E-state index contributed by atoms with van der Waals surface area (Å²) in [6, 6.07) is 5.63. The summed E-state index contributed by atoms with van der Waals surface area (Å²) in [6.07, 6.45) is 0.0238. The molecule has 2 aromatic rings. The van der Waals surface area contributed by atoms with Crippen LogP contribution in [0, 0.1) is 27.7 Å². The molecule has 8 heteroatoms. The van der Waals surface area contributed by atoms with Gasteiger partial charge in [0, 0.05) is 18.7 Å². The average Bonchev–Trinajstić information content (AvgIpc) is 2.83. The van der Waals surface area contributed by atoms with Crippen molar-refractivity contribution in [1.29, 1.82) is 0 Å². The summed E-state index contributed by atoms with van der Waals surface area (Å²) in [6.45, 7) is 6.96. The molecular formula is C16H21N3O4S. The zero-order valence-electron chi connectivity index (χ0n) is 14.1. The number of anilines is 1. The van der Waals surface area contributed by atoms with Crippen LogP contribution in [0.15, 0.2) is 27.6 Å². The molecule has 1 amide bonds. The Labute approximate surface area is 141 Å². The number of aromatic nitrogens is 1. The molecule has 0 fully saturated rings. The largest absolute Gasteiger partial charge is 0.360 e. The lowest BCUT2D eigenvalue weighted by Gasteiger charge is -2.10. The number of amides is 1. The molecule has 0 bridgehead atoms. The first-order valence-corrected chi connectivity index (χ1v) is 8.99. The van der Waals surface area contributed by atoms with Crippen LogP contribution in [0.3, 0.4) is 0 Å². The third-order valence-electron chi connectivity index (χ3n) is 3.76. The van der Waals surface area contributed by atoms with Crippen molar-refractivity contribution in [3.8, 4) is 0 Å². The Morgan fingerprint density at radius 2 is 1.92 bits per heavy atom. The van der Waals surface area contributed by atoms with Crippen LogP contribution in [0.2, 0.25) is 0 Å². The minimum absolute atomic E-state index is 0.0108. The third-order valence-corrected chi connectivity index (χ3v) is 5.46. The molecule has 0 unspecified atom stereocenters. The maximum absolute atomic E-state index is 12.2. The number of rotatable bonds is 6. The SMILES string of the molecule is Cc1cccc(NC(=O)CCNS(=O)(=O)c2c(C)noc2C)c1C. The van der Waals surface area contributed by atoms with Crippen LogP contribution in [-0.4, -0.2) is 26.0 Å². The average molecular weight is 351 g/mol. The van der Waals surface area contributed by atoms with Gasteiger partial charge in [-0.15, -0.1) is 0 Å². The van der Waals surface area contributed by atoms with Gasteiger partial charge in [-0.3, -0.25) is 4.79 Å². The second-order valence-corrected chi connectivity index (χ2v) is 7.30. The fraction of sp³-hybridized carbons (Fsp3) is 0.375. The topological polar surface area (TPSA) is 101 Å². The van der Waals surface area contributed by atoms with Crippen molar-refractivity contribution in [3.63, 3.8) is 0 Å². The maximum Gasteiger partial charge on any atom is 0.245 e. The molecule has 2 rings (SSSR count). The van der Waals surface area contributed by atoms with E-state index in [1.807, 2.05) is 32.0 Å². The van der Waals surface area contributed by atoms with Gasteiger partial charge in [0.05, 0.1) is 0 Å². The predicted octanol–water partition coefficient (Wildman–Crippen LogP) is 2.22. The molecule has 130 valence electrons. The molecule has 0 aliphatic rings. The van der Waals surface area contributed by atoms with Gasteiger partial charge >= 0.3 is 0 Å². The number of nitrogens with zero attached hydrogens (tertiary/aromatic N) is 1. The lowest BCUT2D eigenvalue weighted by atomic mass is 10.1. The summed E-state index contributed by atoms with van der Waals surface area (Å²) >= 11 is 0. The molecule has 0 saturated heterocycles. The van der Waals surface area contributed by atoms with Gasteiger partial charge < -0.3 is 9.84 Å². The summed E-state index contributed by atoms with van der Waals surface area (Å²) in [7, 11) is -3.75. The van der Waals surface area contributed by atoms with E-state index in [2.05, 4.69) is 15.2 Å². The van der Waals surface area contributed by atoms with E-state index < -0.39 is 10.0 Å². The summed E-state index contributed by atoms with van der Waals surface area (Å²) in [4.78, 5) is 12.0. The molecule has 1 aromatic heterocycles. The maximum atomic E-state index is 12.2. The molecule has 2 N–H and O–H groups in total. The molecule has 1 heterocycles. The number of aryl methyl sites for hydroxylation is 3. The van der Waals surface area contributed by atoms with Crippen LogP contribution in [0.4, 0.5) is 5.69 Å². The Bertz CT molecular complexity index is 837. The zero-order chi connectivity index (χ0) is 17.9. The molecule has 1 aromatic carbocycles. The van der Waals surface area contributed by atoms with Gasteiger partial charge in [-0.25, -0.2) is 13.1 Å². The number of nitrogens with one attached hydrogen (secondary N) is 2. The molecule has 0 atom stereocenters. The smallest absolute Gasteiger partial charge is 0.245 e. The summed E-state index contributed by atoms with van der Waals surface area (Å²) in [5.74, 6) is -0.0370. The standard InChI is InChI=1S/C16H21N3O4S/c1-10-6-5-7-14(11(10)2)18-15(20)8-9-17-24(21,22)16-12(3)19-23-13(16)4/h5-7,17H,8-9H2,1-4H3,(H,18,20). The molecule has 0 aliphatic carbocycles. The minimum Gasteiger partial charge on any atom is -0.360 e. The van der Waals surface area contributed by atoms with Crippen LogP contribution in [-0.2, 0) is 14.8 Å². The third kappa shape index (κ3) is 4.01. The minimum atomic E-state index is -3.75. The molecule has 0 spiro atoms. The van der Waals surface area contributed by atoms with Gasteiger partial charge in [-0.05, 0) is 44.9 Å². The fourth-order valence-corrected chi connectivity index (χ4v) is 3.69. The lowest BCUT2D eigenvalue weighted by molar-refractivity contribution is -0.116. The first-order chi connectivity index (χ1) is 11.2. The van der Waals surface area contributed by atoms with Crippen LogP contribution in [0.25, 0.3) is 0 Å². The van der Waals surface area contributed by atoms with Gasteiger partial charge in [0.2, 0.25) is 15.9 Å². The monoisotopic (exact) mass is 351 g/mol. The van der Waals surface area contributed by atoms with Crippen LogP contribution in [0.5, 0.6) is 0 Å².